The van der Waals surface area contributed by atoms with Crippen LogP contribution >= 0.6 is 31.9 Å². The number of hydrogen-bond donors (Lipinski definition) is 6. The highest BCUT2D eigenvalue weighted by Gasteiger charge is 2.16. The van der Waals surface area contributed by atoms with Crippen LogP contribution in [-0.4, -0.2) is 55.0 Å². The Hall–Kier alpha value is -2.54. The molecule has 178 valence electrons. The Balaban J connectivity index is 2.55. The van der Waals surface area contributed by atoms with Gasteiger partial charge in [-0.1, -0.05) is 5.16 Å². The molecule has 0 bridgehead atoms. The van der Waals surface area contributed by atoms with Crippen LogP contribution < -0.4 is 33.0 Å². The monoisotopic (exact) mass is 576 g/mol. The van der Waals surface area contributed by atoms with Crippen molar-refractivity contribution in [3.05, 3.63) is 26.6 Å². The second kappa shape index (κ2) is 15.3. The molecule has 0 heterocycles. The molecule has 0 saturated heterocycles. The average Bonchev–Trinajstić information content (AvgIpc) is 2.72. The van der Waals surface area contributed by atoms with E-state index in [1.807, 2.05) is 12.1 Å². The molecule has 1 aromatic carbocycles. The number of benzene rings is 1. The van der Waals surface area contributed by atoms with Gasteiger partial charge in [0.25, 0.3) is 5.91 Å². The molecular weight excluding hydrogens is 548 g/mol. The van der Waals surface area contributed by atoms with Gasteiger partial charge in [0.15, 0.2) is 11.9 Å². The van der Waals surface area contributed by atoms with Gasteiger partial charge < -0.3 is 38.2 Å². The molecule has 0 aliphatic carbocycles. The summed E-state index contributed by atoms with van der Waals surface area (Å²) in [6.45, 7) is 1.95. The maximum Gasteiger partial charge on any atom is 0.269 e. The number of carbonyl (C=O) groups excluding carboxylic acids is 1. The van der Waals surface area contributed by atoms with Crippen LogP contribution in [0.2, 0.25) is 0 Å². The molecule has 32 heavy (non-hydrogen) atoms. The molecule has 10 N–H and O–H groups in total. The standard InChI is InChI=1S/C19H30Br2N8O3/c20-13-9-12(10-14(21)16(13)32-8-4-3-7-28-19(24)25)11-15(29-31)17(30)26-5-1-2-6-27-18(22)23/h9-10,31H,1-8,11H2,(H,26,30)(H4,22,23,27)(H4,24,25,28)/b29-15+. The zero-order valence-corrected chi connectivity index (χ0v) is 20.9. The van der Waals surface area contributed by atoms with Crippen molar-refractivity contribution in [1.82, 2.24) is 5.32 Å². The minimum atomic E-state index is -0.442. The van der Waals surface area contributed by atoms with E-state index in [4.69, 9.17) is 27.7 Å². The molecule has 0 spiro atoms. The molecule has 13 heteroatoms. The number of halogens is 2. The Bertz CT molecular complexity index is 815. The number of oxime groups is 1. The van der Waals surface area contributed by atoms with Crippen LogP contribution in [-0.2, 0) is 11.2 Å². The number of amides is 1. The Labute approximate surface area is 204 Å². The smallest absolute Gasteiger partial charge is 0.269 e. The maximum absolute atomic E-state index is 12.3. The number of rotatable bonds is 14. The first-order valence-corrected chi connectivity index (χ1v) is 11.5. The van der Waals surface area contributed by atoms with Gasteiger partial charge in [0, 0.05) is 26.1 Å². The summed E-state index contributed by atoms with van der Waals surface area (Å²) in [7, 11) is 0. The molecule has 1 amide bonds. The van der Waals surface area contributed by atoms with Gasteiger partial charge >= 0.3 is 0 Å². The SMILES string of the molecule is NC(N)=NCCCCNC(=O)/C(Cc1cc(Br)c(OCCCCN=C(N)N)c(Br)c1)=N/O. The van der Waals surface area contributed by atoms with Crippen LogP contribution in [0.4, 0.5) is 0 Å². The summed E-state index contributed by atoms with van der Waals surface area (Å²) in [6, 6.07) is 3.63. The van der Waals surface area contributed by atoms with Crippen molar-refractivity contribution in [1.29, 1.82) is 0 Å². The number of unbranched alkanes of at least 4 members (excludes halogenated alkanes) is 2. The molecule has 0 fully saturated rings. The van der Waals surface area contributed by atoms with Crippen molar-refractivity contribution in [2.24, 2.45) is 38.1 Å². The van der Waals surface area contributed by atoms with Crippen molar-refractivity contribution >= 4 is 55.4 Å². The number of carbonyl (C=O) groups is 1. The van der Waals surface area contributed by atoms with E-state index in [-0.39, 0.29) is 24.1 Å². The largest absolute Gasteiger partial charge is 0.491 e. The summed E-state index contributed by atoms with van der Waals surface area (Å²) in [5.41, 5.74) is 21.9. The number of nitrogens with one attached hydrogen (secondary N) is 1. The topological polar surface area (TPSA) is 200 Å². The fourth-order valence-corrected chi connectivity index (χ4v) is 4.06. The number of nitrogens with two attached hydrogens (primary N) is 4. The summed E-state index contributed by atoms with van der Waals surface area (Å²) in [4.78, 5) is 20.1. The zero-order chi connectivity index (χ0) is 23.9. The predicted molar refractivity (Wildman–Crippen MR) is 133 cm³/mol. The Kier molecular flexibility index (Phi) is 13.1. The van der Waals surface area contributed by atoms with Gasteiger partial charge in [0.1, 0.15) is 11.5 Å². The Morgan fingerprint density at radius 2 is 1.53 bits per heavy atom. The van der Waals surface area contributed by atoms with Gasteiger partial charge in [-0.3, -0.25) is 14.8 Å². The summed E-state index contributed by atoms with van der Waals surface area (Å²) >= 11 is 6.97. The molecule has 0 aliphatic rings. The van der Waals surface area contributed by atoms with E-state index in [2.05, 4.69) is 52.3 Å². The van der Waals surface area contributed by atoms with Crippen LogP contribution in [0.15, 0.2) is 36.2 Å². The van der Waals surface area contributed by atoms with Crippen molar-refractivity contribution in [2.75, 3.05) is 26.2 Å². The lowest BCUT2D eigenvalue weighted by molar-refractivity contribution is -0.115. The number of guanidine groups is 2. The highest BCUT2D eigenvalue weighted by Crippen LogP contribution is 2.35. The highest BCUT2D eigenvalue weighted by molar-refractivity contribution is 9.11. The summed E-state index contributed by atoms with van der Waals surface area (Å²) in [6.07, 6.45) is 3.14. The van der Waals surface area contributed by atoms with Gasteiger partial charge in [0.05, 0.1) is 15.6 Å². The second-order valence-electron chi connectivity index (χ2n) is 6.74. The third-order valence-corrected chi connectivity index (χ3v) is 5.25. The van der Waals surface area contributed by atoms with Gasteiger partial charge in [-0.05, 0) is 75.2 Å². The number of ether oxygens (including phenoxy) is 1. The fourth-order valence-electron chi connectivity index (χ4n) is 2.55. The van der Waals surface area contributed by atoms with Gasteiger partial charge in [-0.15, -0.1) is 0 Å². The number of nitrogens with zero attached hydrogens (tertiary/aromatic N) is 3. The lowest BCUT2D eigenvalue weighted by atomic mass is 10.1. The minimum absolute atomic E-state index is 0.00132. The summed E-state index contributed by atoms with van der Waals surface area (Å²) in [5, 5.41) is 15.2. The first-order valence-electron chi connectivity index (χ1n) is 9.95. The Morgan fingerprint density at radius 3 is 2.06 bits per heavy atom. The average molecular weight is 578 g/mol. The molecule has 0 radical (unpaired) electrons. The molecule has 0 atom stereocenters. The first kappa shape index (κ1) is 27.5. The summed E-state index contributed by atoms with van der Waals surface area (Å²) < 4.78 is 7.24. The van der Waals surface area contributed by atoms with Crippen LogP contribution in [0.3, 0.4) is 0 Å². The van der Waals surface area contributed by atoms with Crippen molar-refractivity contribution < 1.29 is 14.7 Å². The van der Waals surface area contributed by atoms with E-state index in [9.17, 15) is 10.0 Å². The van der Waals surface area contributed by atoms with Gasteiger partial charge in [-0.25, -0.2) is 0 Å². The van der Waals surface area contributed by atoms with Gasteiger partial charge in [0.2, 0.25) is 0 Å². The number of hydrogen-bond acceptors (Lipinski definition) is 6. The zero-order valence-electron chi connectivity index (χ0n) is 17.7. The van der Waals surface area contributed by atoms with Crippen molar-refractivity contribution in [2.45, 2.75) is 32.1 Å². The van der Waals surface area contributed by atoms with Crippen LogP contribution in [0.25, 0.3) is 0 Å². The molecule has 0 aromatic heterocycles. The maximum atomic E-state index is 12.3. The van der Waals surface area contributed by atoms with E-state index in [0.29, 0.717) is 47.4 Å². The third kappa shape index (κ3) is 11.2. The van der Waals surface area contributed by atoms with Crippen LogP contribution in [0.5, 0.6) is 5.75 Å². The third-order valence-electron chi connectivity index (χ3n) is 4.07. The molecule has 1 rings (SSSR count). The van der Waals surface area contributed by atoms with Crippen molar-refractivity contribution in [3.8, 4) is 5.75 Å². The van der Waals surface area contributed by atoms with E-state index >= 15 is 0 Å². The van der Waals surface area contributed by atoms with E-state index in [1.54, 1.807) is 0 Å². The minimum Gasteiger partial charge on any atom is -0.491 e. The van der Waals surface area contributed by atoms with Crippen molar-refractivity contribution in [3.63, 3.8) is 0 Å². The highest BCUT2D eigenvalue weighted by atomic mass is 79.9. The molecule has 1 aromatic rings. The van der Waals surface area contributed by atoms with E-state index < -0.39 is 5.91 Å². The lowest BCUT2D eigenvalue weighted by Crippen LogP contribution is -2.33. The van der Waals surface area contributed by atoms with E-state index in [1.165, 1.54) is 0 Å². The molecule has 0 aliphatic heterocycles. The number of aliphatic imine (C=N–C) groups is 2. The molecule has 0 saturated carbocycles. The summed E-state index contributed by atoms with van der Waals surface area (Å²) in [5.74, 6) is 0.320. The fraction of sp³-hybridized carbons (Fsp3) is 0.474. The van der Waals surface area contributed by atoms with Gasteiger partial charge in [-0.2, -0.15) is 0 Å². The van der Waals surface area contributed by atoms with Crippen LogP contribution in [0, 0.1) is 0 Å². The quantitative estimate of drug-likeness (QED) is 0.0626. The van der Waals surface area contributed by atoms with Crippen LogP contribution in [0.1, 0.15) is 31.2 Å². The molecule has 11 nitrogen and oxygen atoms in total. The first-order chi connectivity index (χ1) is 15.2. The Morgan fingerprint density at radius 1 is 0.969 bits per heavy atom. The normalized spacial score (nSPS) is 11.0. The van der Waals surface area contributed by atoms with E-state index in [0.717, 1.165) is 24.8 Å². The molecular formula is C19H30Br2N8O3. The second-order valence-corrected chi connectivity index (χ2v) is 8.45. The molecule has 0 unspecified atom stereocenters. The lowest BCUT2D eigenvalue weighted by Gasteiger charge is -2.13. The predicted octanol–water partition coefficient (Wildman–Crippen LogP) is 1.19.